The molecule has 2 aromatic rings. The minimum Gasteiger partial charge on any atom is -0.545 e. The highest BCUT2D eigenvalue weighted by Crippen LogP contribution is 2.12. The molecule has 0 aliphatic heterocycles. The van der Waals surface area contributed by atoms with Crippen molar-refractivity contribution < 1.29 is 44.0 Å². The van der Waals surface area contributed by atoms with E-state index in [0.29, 0.717) is 6.61 Å². The van der Waals surface area contributed by atoms with Gasteiger partial charge < -0.3 is 29.6 Å². The minimum absolute atomic E-state index is 0.345. The molecule has 0 heterocycles. The van der Waals surface area contributed by atoms with Gasteiger partial charge >= 0.3 is 17.9 Å². The molecule has 9 nitrogen and oxygen atoms in total. The first kappa shape index (κ1) is 26.9. The average Bonchev–Trinajstić information content (AvgIpc) is 2.81. The third-order valence-corrected chi connectivity index (χ3v) is 4.18. The van der Waals surface area contributed by atoms with Crippen molar-refractivity contribution in [2.75, 3.05) is 13.2 Å². The van der Waals surface area contributed by atoms with Crippen LogP contribution >= 0.6 is 0 Å². The second-order valence-electron chi connectivity index (χ2n) is 6.61. The maximum Gasteiger partial charge on any atom is 0.336 e. The van der Waals surface area contributed by atoms with Crippen LogP contribution in [0, 0.1) is 0 Å². The molecule has 2 aromatic carbocycles. The van der Waals surface area contributed by atoms with Gasteiger partial charge in [-0.05, 0) is 55.5 Å². The zero-order valence-corrected chi connectivity index (χ0v) is 17.9. The van der Waals surface area contributed by atoms with E-state index in [1.807, 2.05) is 30.3 Å². The SMILES string of the molecule is C=CC(=O)OCCCCCCOc1ccccc1.O=C([O-])c1ccc(C(=O)O)c(C(=O)O)c1. The van der Waals surface area contributed by atoms with Gasteiger partial charge in [0.05, 0.1) is 30.3 Å². The van der Waals surface area contributed by atoms with E-state index < -0.39 is 29.0 Å². The van der Waals surface area contributed by atoms with Gasteiger partial charge in [0.2, 0.25) is 0 Å². The van der Waals surface area contributed by atoms with Crippen LogP contribution in [-0.4, -0.2) is 47.3 Å². The van der Waals surface area contributed by atoms with Crippen molar-refractivity contribution in [3.63, 3.8) is 0 Å². The summed E-state index contributed by atoms with van der Waals surface area (Å²) in [4.78, 5) is 42.4. The van der Waals surface area contributed by atoms with E-state index in [4.69, 9.17) is 19.7 Å². The van der Waals surface area contributed by atoms with Crippen LogP contribution in [-0.2, 0) is 9.53 Å². The van der Waals surface area contributed by atoms with Gasteiger partial charge in [0.15, 0.2) is 0 Å². The van der Waals surface area contributed by atoms with Crippen molar-refractivity contribution in [3.05, 3.63) is 77.9 Å². The summed E-state index contributed by atoms with van der Waals surface area (Å²) < 4.78 is 10.4. The molecule has 0 atom stereocenters. The summed E-state index contributed by atoms with van der Waals surface area (Å²) in [5.74, 6) is -3.93. The van der Waals surface area contributed by atoms with E-state index in [0.717, 1.165) is 56.2 Å². The van der Waals surface area contributed by atoms with E-state index in [9.17, 15) is 24.3 Å². The number of para-hydroxylation sites is 1. The van der Waals surface area contributed by atoms with Gasteiger partial charge in [-0.15, -0.1) is 0 Å². The molecule has 0 aromatic heterocycles. The fraction of sp³-hybridized carbons (Fsp3) is 0.250. The Morgan fingerprint density at radius 2 is 1.45 bits per heavy atom. The van der Waals surface area contributed by atoms with Crippen LogP contribution in [0.15, 0.2) is 61.2 Å². The molecular weight excluding hydrogens is 432 g/mol. The molecule has 0 aliphatic carbocycles. The molecule has 0 radical (unpaired) electrons. The van der Waals surface area contributed by atoms with Gasteiger partial charge in [0, 0.05) is 6.08 Å². The summed E-state index contributed by atoms with van der Waals surface area (Å²) >= 11 is 0. The lowest BCUT2D eigenvalue weighted by molar-refractivity contribution is -0.255. The predicted octanol–water partition coefficient (Wildman–Crippen LogP) is 2.80. The lowest BCUT2D eigenvalue weighted by Crippen LogP contribution is -2.23. The maximum absolute atomic E-state index is 10.7. The van der Waals surface area contributed by atoms with E-state index in [1.165, 1.54) is 6.08 Å². The highest BCUT2D eigenvalue weighted by atomic mass is 16.5. The molecule has 9 heteroatoms. The van der Waals surface area contributed by atoms with Crippen LogP contribution in [0.1, 0.15) is 56.8 Å². The number of carboxylic acid groups (broad SMARTS) is 3. The minimum atomic E-state index is -1.56. The van der Waals surface area contributed by atoms with Crippen molar-refractivity contribution in [3.8, 4) is 5.75 Å². The number of unbranched alkanes of at least 4 members (excludes halogenated alkanes) is 3. The second-order valence-corrected chi connectivity index (χ2v) is 6.61. The molecule has 0 amide bonds. The topological polar surface area (TPSA) is 150 Å². The van der Waals surface area contributed by atoms with E-state index in [-0.39, 0.29) is 11.5 Å². The summed E-state index contributed by atoms with van der Waals surface area (Å²) in [6.07, 6.45) is 5.23. The van der Waals surface area contributed by atoms with Gasteiger partial charge in [-0.2, -0.15) is 0 Å². The number of aromatic carboxylic acids is 3. The highest BCUT2D eigenvalue weighted by Gasteiger charge is 2.16. The van der Waals surface area contributed by atoms with Gasteiger partial charge in [0.1, 0.15) is 5.75 Å². The molecule has 0 aliphatic rings. The van der Waals surface area contributed by atoms with E-state index in [1.54, 1.807) is 0 Å². The molecular formula is C24H25O9-. The van der Waals surface area contributed by atoms with Crippen LogP contribution in [0.4, 0.5) is 0 Å². The summed E-state index contributed by atoms with van der Waals surface area (Å²) in [5, 5.41) is 27.7. The molecule has 2 rings (SSSR count). The highest BCUT2D eigenvalue weighted by molar-refractivity contribution is 6.03. The third kappa shape index (κ3) is 10.6. The standard InChI is InChI=1S/C15H20O3.C9H6O6/c1-2-15(16)18-13-9-4-3-8-12-17-14-10-6-5-7-11-14;10-7(11)4-1-2-5(8(12)13)6(3-4)9(14)15/h2,5-7,10-11H,1,3-4,8-9,12-13H2;1-3H,(H,10,11)(H,12,13)(H,14,15)/p-1. The smallest absolute Gasteiger partial charge is 0.336 e. The first-order valence-corrected chi connectivity index (χ1v) is 10.0. The number of ether oxygens (including phenoxy) is 2. The molecule has 176 valence electrons. The number of rotatable bonds is 12. The molecule has 0 unspecified atom stereocenters. The quantitative estimate of drug-likeness (QED) is 0.278. The molecule has 0 bridgehead atoms. The number of carbonyl (C=O) groups is 4. The van der Waals surface area contributed by atoms with Crippen molar-refractivity contribution >= 4 is 23.9 Å². The molecule has 2 N–H and O–H groups in total. The Morgan fingerprint density at radius 1 is 0.848 bits per heavy atom. The van der Waals surface area contributed by atoms with Gasteiger partial charge in [0.25, 0.3) is 0 Å². The predicted molar refractivity (Wildman–Crippen MR) is 116 cm³/mol. The van der Waals surface area contributed by atoms with Crippen LogP contribution in [0.5, 0.6) is 5.75 Å². The summed E-state index contributed by atoms with van der Waals surface area (Å²) in [6.45, 7) is 4.55. The van der Waals surface area contributed by atoms with Crippen molar-refractivity contribution in [2.45, 2.75) is 25.7 Å². The Bertz CT molecular complexity index is 952. The molecule has 0 spiro atoms. The zero-order chi connectivity index (χ0) is 24.6. The molecule has 0 fully saturated rings. The van der Waals surface area contributed by atoms with Crippen LogP contribution in [0.25, 0.3) is 0 Å². The average molecular weight is 457 g/mol. The van der Waals surface area contributed by atoms with Crippen molar-refractivity contribution in [1.82, 2.24) is 0 Å². The fourth-order valence-corrected chi connectivity index (χ4v) is 2.53. The number of hydrogen-bond acceptors (Lipinski definition) is 7. The Hall–Kier alpha value is -4.14. The third-order valence-electron chi connectivity index (χ3n) is 4.18. The zero-order valence-electron chi connectivity index (χ0n) is 17.9. The number of benzene rings is 2. The number of carbonyl (C=O) groups excluding carboxylic acids is 2. The first-order chi connectivity index (χ1) is 15.8. The molecule has 0 saturated carbocycles. The summed E-state index contributed by atoms with van der Waals surface area (Å²) in [7, 11) is 0. The lowest BCUT2D eigenvalue weighted by atomic mass is 10.0. The first-order valence-electron chi connectivity index (χ1n) is 10.0. The fourth-order valence-electron chi connectivity index (χ4n) is 2.53. The van der Waals surface area contributed by atoms with Crippen LogP contribution < -0.4 is 9.84 Å². The Labute approximate surface area is 190 Å². The largest absolute Gasteiger partial charge is 0.545 e. The summed E-state index contributed by atoms with van der Waals surface area (Å²) in [5.41, 5.74) is -1.42. The monoisotopic (exact) mass is 457 g/mol. The summed E-state index contributed by atoms with van der Waals surface area (Å²) in [6, 6.07) is 12.4. The molecule has 33 heavy (non-hydrogen) atoms. The Morgan fingerprint density at radius 3 is 2.00 bits per heavy atom. The Kier molecular flexibility index (Phi) is 12.1. The number of hydrogen-bond donors (Lipinski definition) is 2. The van der Waals surface area contributed by atoms with Gasteiger partial charge in [-0.3, -0.25) is 0 Å². The van der Waals surface area contributed by atoms with Crippen LogP contribution in [0.3, 0.4) is 0 Å². The van der Waals surface area contributed by atoms with E-state index in [2.05, 4.69) is 6.58 Å². The number of carboxylic acids is 3. The van der Waals surface area contributed by atoms with Crippen LogP contribution in [0.2, 0.25) is 0 Å². The lowest BCUT2D eigenvalue weighted by Gasteiger charge is -2.05. The maximum atomic E-state index is 10.7. The van der Waals surface area contributed by atoms with E-state index >= 15 is 0 Å². The van der Waals surface area contributed by atoms with Crippen molar-refractivity contribution in [1.29, 1.82) is 0 Å². The van der Waals surface area contributed by atoms with Crippen molar-refractivity contribution in [2.24, 2.45) is 0 Å². The number of esters is 1. The van der Waals surface area contributed by atoms with Gasteiger partial charge in [-0.25, -0.2) is 14.4 Å². The second kappa shape index (κ2) is 14.8. The van der Waals surface area contributed by atoms with Gasteiger partial charge in [-0.1, -0.05) is 30.8 Å². The normalized spacial score (nSPS) is 9.70. The molecule has 0 saturated heterocycles. The Balaban J connectivity index is 0.000000335.